The Bertz CT molecular complexity index is 2380. The molecule has 65 heavy (non-hydrogen) atoms. The zero-order valence-electron chi connectivity index (χ0n) is 37.1. The van der Waals surface area contributed by atoms with Crippen LogP contribution in [0.4, 0.5) is 33.9 Å². The normalized spacial score (nSPS) is 20.1. The molecule has 0 unspecified atom stereocenters. The number of likely N-dealkylation sites (tertiary alicyclic amines) is 1. The molecule has 3 N–H and O–H groups in total. The lowest BCUT2D eigenvalue weighted by Crippen LogP contribution is -2.56. The fourth-order valence-electron chi connectivity index (χ4n) is 8.99. The summed E-state index contributed by atoms with van der Waals surface area (Å²) in [6, 6.07) is 10.2. The molecule has 5 heterocycles. The predicted octanol–water partition coefficient (Wildman–Crippen LogP) is 7.83. The minimum atomic E-state index is -5.29. The first-order valence-corrected chi connectivity index (χ1v) is 21.6. The highest BCUT2D eigenvalue weighted by Gasteiger charge is 2.44. The van der Waals surface area contributed by atoms with Crippen LogP contribution in [0.2, 0.25) is 0 Å². The number of carbonyl (C=O) groups is 4. The van der Waals surface area contributed by atoms with E-state index < -0.39 is 53.0 Å². The van der Waals surface area contributed by atoms with Crippen molar-refractivity contribution in [2.75, 3.05) is 56.7 Å². The lowest BCUT2D eigenvalue weighted by atomic mass is 9.89. The summed E-state index contributed by atoms with van der Waals surface area (Å²) in [5, 5.41) is 12.4. The molecule has 15 nitrogen and oxygen atoms in total. The van der Waals surface area contributed by atoms with E-state index in [9.17, 15) is 37.5 Å². The van der Waals surface area contributed by atoms with Crippen LogP contribution in [0, 0.1) is 23.1 Å². The molecule has 3 aliphatic rings. The van der Waals surface area contributed by atoms with E-state index in [0.29, 0.717) is 81.6 Å². The van der Waals surface area contributed by atoms with E-state index in [4.69, 9.17) is 4.74 Å². The molecule has 7 rings (SSSR count). The number of alkyl halides is 3. The Balaban J connectivity index is 1.06. The number of H-pyrrole nitrogens is 1. The van der Waals surface area contributed by atoms with Crippen LogP contribution in [0.3, 0.4) is 0 Å². The van der Waals surface area contributed by atoms with E-state index in [2.05, 4.69) is 25.0 Å². The molecule has 19 heteroatoms. The second kappa shape index (κ2) is 18.7. The van der Waals surface area contributed by atoms with E-state index in [1.165, 1.54) is 31.4 Å². The van der Waals surface area contributed by atoms with E-state index >= 15 is 4.39 Å². The summed E-state index contributed by atoms with van der Waals surface area (Å²) in [6.45, 7) is 12.4. The van der Waals surface area contributed by atoms with Gasteiger partial charge in [0, 0.05) is 63.5 Å². The summed E-state index contributed by atoms with van der Waals surface area (Å²) >= 11 is 0. The van der Waals surface area contributed by atoms with Gasteiger partial charge in [0.25, 0.3) is 5.91 Å². The number of aromatic amines is 1. The molecule has 4 atom stereocenters. The predicted molar refractivity (Wildman–Crippen MR) is 232 cm³/mol. The smallest absolute Gasteiger partial charge is 0.465 e. The van der Waals surface area contributed by atoms with Crippen LogP contribution in [-0.2, 0) is 14.3 Å². The number of nitrogens with zero attached hydrogens (tertiary/aromatic N) is 6. The first-order valence-electron chi connectivity index (χ1n) is 21.6. The number of carboxylic acid groups (broad SMARTS) is 1. The number of aromatic nitrogens is 3. The molecule has 0 spiro atoms. The van der Waals surface area contributed by atoms with Gasteiger partial charge in [0.05, 0.1) is 35.4 Å². The van der Waals surface area contributed by atoms with Crippen molar-refractivity contribution in [3.05, 3.63) is 78.1 Å². The number of halogens is 4. The summed E-state index contributed by atoms with van der Waals surface area (Å²) in [6.07, 6.45) is -1.87. The van der Waals surface area contributed by atoms with Gasteiger partial charge in [0.15, 0.2) is 11.6 Å². The number of piperazine rings is 1. The monoisotopic (exact) mass is 906 g/mol. The number of benzene rings is 2. The van der Waals surface area contributed by atoms with Gasteiger partial charge in [-0.3, -0.25) is 19.3 Å². The molecule has 3 saturated heterocycles. The largest absolute Gasteiger partial charge is 0.573 e. The molecule has 2 aromatic heterocycles. The van der Waals surface area contributed by atoms with Crippen molar-refractivity contribution >= 4 is 35.3 Å². The number of amides is 4. The maximum atomic E-state index is 16.0. The lowest BCUT2D eigenvalue weighted by molar-refractivity contribution is -0.275. The van der Waals surface area contributed by atoms with Crippen LogP contribution < -0.4 is 15.0 Å². The maximum absolute atomic E-state index is 16.0. The highest BCUT2D eigenvalue weighted by Crippen LogP contribution is 2.40. The molecule has 4 aromatic rings. The minimum absolute atomic E-state index is 0.0505. The number of anilines is 2. The van der Waals surface area contributed by atoms with Crippen LogP contribution in [-0.4, -0.2) is 123 Å². The molecular formula is C46H54F4N8O7. The molecule has 0 aliphatic carbocycles. The number of hydrogen-bond acceptors (Lipinski definition) is 9. The van der Waals surface area contributed by atoms with Gasteiger partial charge < -0.3 is 39.6 Å². The Morgan fingerprint density at radius 1 is 0.938 bits per heavy atom. The average molecular weight is 907 g/mol. The van der Waals surface area contributed by atoms with Gasteiger partial charge in [-0.15, -0.1) is 13.2 Å². The van der Waals surface area contributed by atoms with Crippen molar-refractivity contribution in [2.45, 2.75) is 78.4 Å². The van der Waals surface area contributed by atoms with Crippen LogP contribution in [0.1, 0.15) is 76.1 Å². The molecule has 0 saturated carbocycles. The number of nitrogens with one attached hydrogen (secondary N) is 2. The second-order valence-corrected chi connectivity index (χ2v) is 18.1. The zero-order valence-corrected chi connectivity index (χ0v) is 37.1. The van der Waals surface area contributed by atoms with Gasteiger partial charge in [-0.1, -0.05) is 52.0 Å². The van der Waals surface area contributed by atoms with Crippen LogP contribution in [0.15, 0.2) is 60.9 Å². The molecule has 0 bridgehead atoms. The van der Waals surface area contributed by atoms with Gasteiger partial charge in [-0.05, 0) is 73.4 Å². The molecule has 0 radical (unpaired) electrons. The van der Waals surface area contributed by atoms with E-state index in [-0.39, 0.29) is 46.5 Å². The summed E-state index contributed by atoms with van der Waals surface area (Å²) in [5.74, 6) is -2.97. The molecule has 348 valence electrons. The fraction of sp³-hybridized carbons (Fsp3) is 0.478. The Morgan fingerprint density at radius 3 is 2.25 bits per heavy atom. The van der Waals surface area contributed by atoms with Gasteiger partial charge in [-0.25, -0.2) is 19.2 Å². The van der Waals surface area contributed by atoms with Crippen molar-refractivity contribution in [3.63, 3.8) is 0 Å². The van der Waals surface area contributed by atoms with Crippen molar-refractivity contribution in [1.29, 1.82) is 0 Å². The molecule has 3 aliphatic heterocycles. The van der Waals surface area contributed by atoms with E-state index in [0.717, 1.165) is 11.0 Å². The van der Waals surface area contributed by atoms with Crippen molar-refractivity contribution in [2.24, 2.45) is 17.3 Å². The Kier molecular flexibility index (Phi) is 13.4. The summed E-state index contributed by atoms with van der Waals surface area (Å²) in [4.78, 5) is 71.3. The van der Waals surface area contributed by atoms with Crippen molar-refractivity contribution in [3.8, 4) is 28.1 Å². The number of hydrogen-bond donors (Lipinski definition) is 3. The van der Waals surface area contributed by atoms with Crippen LogP contribution in [0.25, 0.3) is 22.4 Å². The van der Waals surface area contributed by atoms with Crippen LogP contribution in [0.5, 0.6) is 5.75 Å². The van der Waals surface area contributed by atoms with Gasteiger partial charge >= 0.3 is 12.5 Å². The van der Waals surface area contributed by atoms with Crippen molar-refractivity contribution < 1.29 is 51.3 Å². The number of likely N-dealkylation sites (N-methyl/N-ethyl adjacent to an activating group) is 1. The summed E-state index contributed by atoms with van der Waals surface area (Å²) in [5.41, 5.74) is 0.0261. The lowest BCUT2D eigenvalue weighted by Gasteiger charge is -2.42. The number of ether oxygens (including phenoxy) is 2. The second-order valence-electron chi connectivity index (χ2n) is 18.1. The average Bonchev–Trinajstić information content (AvgIpc) is 3.91. The molecule has 3 fully saturated rings. The third-order valence-electron chi connectivity index (χ3n) is 12.3. The summed E-state index contributed by atoms with van der Waals surface area (Å²) in [7, 11) is 1.41. The van der Waals surface area contributed by atoms with E-state index in [1.807, 2.05) is 44.4 Å². The zero-order chi connectivity index (χ0) is 47.0. The summed E-state index contributed by atoms with van der Waals surface area (Å²) < 4.78 is 67.0. The minimum Gasteiger partial charge on any atom is -0.465 e. The van der Waals surface area contributed by atoms with Gasteiger partial charge in [0.1, 0.15) is 17.7 Å². The van der Waals surface area contributed by atoms with E-state index in [1.54, 1.807) is 35.4 Å². The number of imidazole rings is 1. The molecular weight excluding hydrogens is 853 g/mol. The first kappa shape index (κ1) is 46.7. The fourth-order valence-corrected chi connectivity index (χ4v) is 8.99. The number of pyridine rings is 1. The standard InChI is InChI=1S/C46H54F4N8O7/c1-26-21-35(58(24-26)42(60)38(55(6)44(62)63)30-15-19-64-20-16-30)40-52-23-34(54-40)29-9-7-28(8-10-29)32-12-13-33(37(47)39(32)65-46(48,49)50)41(59)53-31-11-14-36(51-22-31)57-18-17-56(25-27(57)2)43(61)45(3,4)5/h7-14,22-23,26-27,30,35,38H,15-21,24-25H2,1-6H3,(H,52,54)(H,53,59)(H,62,63)/t26-,27+,35-,38-/m0/s1. The third-order valence-corrected chi connectivity index (χ3v) is 12.3. The Hall–Kier alpha value is -6.24. The number of carbonyl (C=O) groups excluding carboxylic acids is 3. The molecule has 4 amide bonds. The third kappa shape index (κ3) is 10.3. The van der Waals surface area contributed by atoms with Crippen molar-refractivity contribution in [1.82, 2.24) is 29.7 Å². The van der Waals surface area contributed by atoms with Crippen LogP contribution >= 0.6 is 0 Å². The number of rotatable bonds is 10. The highest BCUT2D eigenvalue weighted by atomic mass is 19.4. The SMILES string of the molecule is C[C@H]1C[C@@H](c2ncc(-c3ccc(-c4ccc(C(=O)Nc5ccc(N6CCN(C(=O)C(C)(C)C)C[C@H]6C)nc5)c(F)c4OC(F)(F)F)cc3)[nH]2)N(C(=O)[C@H](C2CCOCC2)N(C)C(=O)O)C1. The maximum Gasteiger partial charge on any atom is 0.573 e. The first-order chi connectivity index (χ1) is 30.7. The quantitative estimate of drug-likeness (QED) is 0.133. The molecule has 2 aromatic carbocycles. The van der Waals surface area contributed by atoms with Gasteiger partial charge in [0.2, 0.25) is 11.8 Å². The topological polar surface area (TPSA) is 174 Å². The van der Waals surface area contributed by atoms with Gasteiger partial charge in [-0.2, -0.15) is 0 Å². The highest BCUT2D eigenvalue weighted by molar-refractivity contribution is 6.05. The Morgan fingerprint density at radius 2 is 1.63 bits per heavy atom. The Labute approximate surface area is 374 Å².